The third kappa shape index (κ3) is 2.57. The van der Waals surface area contributed by atoms with E-state index in [1.54, 1.807) is 0 Å². The predicted octanol–water partition coefficient (Wildman–Crippen LogP) is 3.72. The van der Waals surface area contributed by atoms with E-state index in [1.165, 1.54) is 0 Å². The van der Waals surface area contributed by atoms with E-state index in [-0.39, 0.29) is 0 Å². The molecule has 88 valence electrons. The zero-order chi connectivity index (χ0) is 12.6. The van der Waals surface area contributed by atoms with Gasteiger partial charge in [-0.25, -0.2) is 9.97 Å². The van der Waals surface area contributed by atoms with Crippen molar-refractivity contribution >= 4 is 34.2 Å². The van der Waals surface area contributed by atoms with Gasteiger partial charge in [0.2, 0.25) is 0 Å². The van der Waals surface area contributed by atoms with Gasteiger partial charge in [-0.15, -0.1) is 0 Å². The number of aromatic nitrogens is 3. The summed E-state index contributed by atoms with van der Waals surface area (Å²) < 4.78 is 0.887. The van der Waals surface area contributed by atoms with Crippen molar-refractivity contribution in [2.45, 2.75) is 20.8 Å². The summed E-state index contributed by atoms with van der Waals surface area (Å²) in [5, 5.41) is 0.481. The molecule has 0 bridgehead atoms. The zero-order valence-corrected chi connectivity index (χ0v) is 12.7. The summed E-state index contributed by atoms with van der Waals surface area (Å²) in [5.74, 6) is 0.588. The molecule has 0 spiro atoms. The second-order valence-corrected chi connectivity index (χ2v) is 5.35. The van der Waals surface area contributed by atoms with Crippen LogP contribution in [0.3, 0.4) is 0 Å². The monoisotopic (exact) mass is 359 g/mol. The van der Waals surface area contributed by atoms with Crippen molar-refractivity contribution in [2.24, 2.45) is 0 Å². The van der Waals surface area contributed by atoms with Crippen LogP contribution in [-0.4, -0.2) is 15.0 Å². The molecule has 0 aromatic carbocycles. The molecule has 0 saturated carbocycles. The molecular formula is C12H11ClIN3. The summed E-state index contributed by atoms with van der Waals surface area (Å²) in [6.07, 6.45) is 1.81. The maximum atomic E-state index is 6.07. The van der Waals surface area contributed by atoms with Gasteiger partial charge in [-0.2, -0.15) is 0 Å². The van der Waals surface area contributed by atoms with E-state index in [9.17, 15) is 0 Å². The Hall–Kier alpha value is -0.750. The molecule has 2 aromatic heterocycles. The van der Waals surface area contributed by atoms with Crippen molar-refractivity contribution in [2.75, 3.05) is 0 Å². The molecule has 2 heterocycles. The molecule has 17 heavy (non-hydrogen) atoms. The highest BCUT2D eigenvalue weighted by atomic mass is 127. The first-order valence-corrected chi connectivity index (χ1v) is 6.58. The molecule has 0 saturated heterocycles. The average Bonchev–Trinajstić information content (AvgIpc) is 2.25. The average molecular weight is 360 g/mol. The fourth-order valence-corrected chi connectivity index (χ4v) is 2.04. The lowest BCUT2D eigenvalue weighted by Gasteiger charge is -2.07. The number of aryl methyl sites for hydroxylation is 3. The molecule has 0 aliphatic heterocycles. The minimum absolute atomic E-state index is 0.481. The van der Waals surface area contributed by atoms with Gasteiger partial charge in [0.1, 0.15) is 10.8 Å². The summed E-state index contributed by atoms with van der Waals surface area (Å²) in [6.45, 7) is 5.93. The summed E-state index contributed by atoms with van der Waals surface area (Å²) >= 11 is 8.21. The molecule has 0 aliphatic carbocycles. The SMILES string of the molecule is Cc1cnc(-c2nc(C)c(I)c(Cl)n2)c(C)c1. The topological polar surface area (TPSA) is 38.7 Å². The van der Waals surface area contributed by atoms with Crippen molar-refractivity contribution in [3.63, 3.8) is 0 Å². The fraction of sp³-hybridized carbons (Fsp3) is 0.250. The molecule has 0 atom stereocenters. The van der Waals surface area contributed by atoms with Crippen molar-refractivity contribution in [1.82, 2.24) is 15.0 Å². The highest BCUT2D eigenvalue weighted by Gasteiger charge is 2.12. The van der Waals surface area contributed by atoms with Gasteiger partial charge in [0.15, 0.2) is 5.82 Å². The lowest BCUT2D eigenvalue weighted by molar-refractivity contribution is 1.06. The van der Waals surface area contributed by atoms with Gasteiger partial charge in [0, 0.05) is 6.20 Å². The van der Waals surface area contributed by atoms with Crippen LogP contribution in [0.15, 0.2) is 12.3 Å². The normalized spacial score (nSPS) is 10.6. The van der Waals surface area contributed by atoms with Crippen LogP contribution < -0.4 is 0 Å². The summed E-state index contributed by atoms with van der Waals surface area (Å²) in [4.78, 5) is 13.1. The van der Waals surface area contributed by atoms with Gasteiger partial charge in [0.25, 0.3) is 0 Å². The number of halogens is 2. The van der Waals surface area contributed by atoms with Crippen LogP contribution in [0.4, 0.5) is 0 Å². The Bertz CT molecular complexity index is 561. The minimum Gasteiger partial charge on any atom is -0.252 e. The van der Waals surface area contributed by atoms with E-state index in [1.807, 2.05) is 27.0 Å². The number of pyridine rings is 1. The fourth-order valence-electron chi connectivity index (χ4n) is 1.58. The lowest BCUT2D eigenvalue weighted by Crippen LogP contribution is -2.00. The Balaban J connectivity index is 2.61. The summed E-state index contributed by atoms with van der Waals surface area (Å²) in [7, 11) is 0. The van der Waals surface area contributed by atoms with E-state index >= 15 is 0 Å². The van der Waals surface area contributed by atoms with Gasteiger partial charge in [-0.05, 0) is 54.5 Å². The van der Waals surface area contributed by atoms with Crippen LogP contribution in [0.1, 0.15) is 16.8 Å². The zero-order valence-electron chi connectivity index (χ0n) is 9.75. The third-order valence-corrected chi connectivity index (χ3v) is 4.29. The third-order valence-electron chi connectivity index (χ3n) is 2.40. The Labute approximate surface area is 119 Å². The quantitative estimate of drug-likeness (QED) is 0.575. The van der Waals surface area contributed by atoms with Gasteiger partial charge in [-0.3, -0.25) is 4.98 Å². The molecule has 0 radical (unpaired) electrons. The van der Waals surface area contributed by atoms with Gasteiger partial charge in [-0.1, -0.05) is 17.7 Å². The van der Waals surface area contributed by atoms with Crippen molar-refractivity contribution < 1.29 is 0 Å². The molecule has 2 rings (SSSR count). The smallest absolute Gasteiger partial charge is 0.180 e. The second kappa shape index (κ2) is 4.86. The van der Waals surface area contributed by atoms with Crippen molar-refractivity contribution in [1.29, 1.82) is 0 Å². The summed E-state index contributed by atoms with van der Waals surface area (Å²) in [6, 6.07) is 2.06. The number of hydrogen-bond donors (Lipinski definition) is 0. The van der Waals surface area contributed by atoms with E-state index in [0.29, 0.717) is 11.0 Å². The molecule has 0 aliphatic rings. The number of nitrogens with zero attached hydrogens (tertiary/aromatic N) is 3. The lowest BCUT2D eigenvalue weighted by atomic mass is 10.1. The Morgan fingerprint density at radius 1 is 1.18 bits per heavy atom. The number of rotatable bonds is 1. The predicted molar refractivity (Wildman–Crippen MR) is 77.2 cm³/mol. The van der Waals surface area contributed by atoms with Crippen LogP contribution in [0.2, 0.25) is 5.15 Å². The van der Waals surface area contributed by atoms with E-state index < -0.39 is 0 Å². The highest BCUT2D eigenvalue weighted by Crippen LogP contribution is 2.24. The van der Waals surface area contributed by atoms with E-state index in [0.717, 1.165) is 26.1 Å². The highest BCUT2D eigenvalue weighted by molar-refractivity contribution is 14.1. The first-order valence-electron chi connectivity index (χ1n) is 5.12. The maximum absolute atomic E-state index is 6.07. The molecule has 5 heteroatoms. The first-order chi connectivity index (χ1) is 7.99. The Morgan fingerprint density at radius 3 is 2.47 bits per heavy atom. The minimum atomic E-state index is 0.481. The molecule has 2 aromatic rings. The largest absolute Gasteiger partial charge is 0.252 e. The maximum Gasteiger partial charge on any atom is 0.180 e. The second-order valence-electron chi connectivity index (χ2n) is 3.92. The molecule has 0 fully saturated rings. The van der Waals surface area contributed by atoms with Crippen molar-refractivity contribution in [3.05, 3.63) is 37.8 Å². The van der Waals surface area contributed by atoms with Gasteiger partial charge >= 0.3 is 0 Å². The van der Waals surface area contributed by atoms with E-state index in [2.05, 4.69) is 43.6 Å². The van der Waals surface area contributed by atoms with Gasteiger partial charge < -0.3 is 0 Å². The summed E-state index contributed by atoms with van der Waals surface area (Å²) in [5.41, 5.74) is 3.85. The van der Waals surface area contributed by atoms with Crippen LogP contribution in [-0.2, 0) is 0 Å². The van der Waals surface area contributed by atoms with Crippen LogP contribution >= 0.6 is 34.2 Å². The van der Waals surface area contributed by atoms with Crippen LogP contribution in [0.25, 0.3) is 11.5 Å². The van der Waals surface area contributed by atoms with Crippen molar-refractivity contribution in [3.8, 4) is 11.5 Å². The van der Waals surface area contributed by atoms with Crippen LogP contribution in [0.5, 0.6) is 0 Å². The molecule has 0 unspecified atom stereocenters. The molecule has 0 amide bonds. The first kappa shape index (κ1) is 12.7. The Morgan fingerprint density at radius 2 is 1.88 bits per heavy atom. The van der Waals surface area contributed by atoms with Gasteiger partial charge in [0.05, 0.1) is 9.26 Å². The standard InChI is InChI=1S/C12H11ClIN3/c1-6-4-7(2)10(15-5-6)12-16-8(3)9(14)11(13)17-12/h4-5H,1-3H3. The number of hydrogen-bond acceptors (Lipinski definition) is 3. The molecule has 3 nitrogen and oxygen atoms in total. The molecular weight excluding hydrogens is 349 g/mol. The van der Waals surface area contributed by atoms with Crippen LogP contribution in [0, 0.1) is 24.3 Å². The van der Waals surface area contributed by atoms with E-state index in [4.69, 9.17) is 11.6 Å². The molecule has 0 N–H and O–H groups in total. The Kier molecular flexibility index (Phi) is 3.63.